The van der Waals surface area contributed by atoms with Crippen LogP contribution < -0.4 is 5.32 Å². The summed E-state index contributed by atoms with van der Waals surface area (Å²) in [7, 11) is 0. The molecule has 64 heavy (non-hydrogen) atoms. The largest absolute Gasteiger partial charge is 0.394 e. The van der Waals surface area contributed by atoms with Crippen LogP contribution in [0.25, 0.3) is 0 Å². The lowest BCUT2D eigenvalue weighted by molar-refractivity contribution is -0.123. The summed E-state index contributed by atoms with van der Waals surface area (Å²) in [5.74, 6) is -0.0784. The van der Waals surface area contributed by atoms with Crippen molar-refractivity contribution < 1.29 is 15.0 Å². The van der Waals surface area contributed by atoms with Crippen molar-refractivity contribution in [2.75, 3.05) is 6.61 Å². The summed E-state index contributed by atoms with van der Waals surface area (Å²) in [6, 6.07) is -0.647. The topological polar surface area (TPSA) is 69.6 Å². The van der Waals surface area contributed by atoms with Gasteiger partial charge in [-0.3, -0.25) is 4.79 Å². The van der Waals surface area contributed by atoms with E-state index < -0.39 is 12.1 Å². The number of carbonyl (C=O) groups is 1. The zero-order chi connectivity index (χ0) is 46.3. The zero-order valence-corrected chi connectivity index (χ0v) is 42.3. The SMILES string of the molecule is CC/C=C\C/C=C\C/C=C\C/C=C\C/C=C\CCCCCCCCCCCCCCCCCCCCCCCCCC(=O)NC(CO)C(O)/C=C/CC/C=C/CC/C=C/CCCCC. The van der Waals surface area contributed by atoms with Crippen LogP contribution in [0.4, 0.5) is 0 Å². The third-order valence-corrected chi connectivity index (χ3v) is 12.0. The van der Waals surface area contributed by atoms with Gasteiger partial charge in [0.1, 0.15) is 0 Å². The number of hydrogen-bond acceptors (Lipinski definition) is 3. The molecule has 0 aliphatic carbocycles. The molecule has 4 heteroatoms. The maximum Gasteiger partial charge on any atom is 0.220 e. The highest BCUT2D eigenvalue weighted by Crippen LogP contribution is 2.16. The number of aliphatic hydroxyl groups is 2. The van der Waals surface area contributed by atoms with Crippen LogP contribution in [0, 0.1) is 0 Å². The number of amides is 1. The maximum absolute atomic E-state index is 12.4. The average molecular weight is 889 g/mol. The van der Waals surface area contributed by atoms with Gasteiger partial charge < -0.3 is 15.5 Å². The van der Waals surface area contributed by atoms with E-state index in [2.05, 4.69) is 104 Å². The highest BCUT2D eigenvalue weighted by Gasteiger charge is 2.17. The van der Waals surface area contributed by atoms with E-state index in [1.807, 2.05) is 6.08 Å². The van der Waals surface area contributed by atoms with Gasteiger partial charge in [0.15, 0.2) is 0 Å². The number of aliphatic hydroxyl groups excluding tert-OH is 2. The van der Waals surface area contributed by atoms with Crippen LogP contribution in [0.15, 0.2) is 97.2 Å². The molecule has 0 saturated heterocycles. The number of unbranched alkanes of at least 4 members (excludes halogenated alkanes) is 28. The molecule has 0 aromatic heterocycles. The maximum atomic E-state index is 12.4. The Kier molecular flexibility index (Phi) is 52.3. The summed E-state index contributed by atoms with van der Waals surface area (Å²) in [5, 5.41) is 23.0. The Balaban J connectivity index is 3.45. The molecule has 2 atom stereocenters. The zero-order valence-electron chi connectivity index (χ0n) is 42.3. The van der Waals surface area contributed by atoms with Crippen LogP contribution in [-0.2, 0) is 4.79 Å². The van der Waals surface area contributed by atoms with Crippen molar-refractivity contribution in [3.8, 4) is 0 Å². The van der Waals surface area contributed by atoms with Gasteiger partial charge in [-0.05, 0) is 89.9 Å². The third kappa shape index (κ3) is 50.3. The first-order valence-corrected chi connectivity index (χ1v) is 27.5. The second-order valence-corrected chi connectivity index (χ2v) is 18.2. The molecule has 4 nitrogen and oxygen atoms in total. The fourth-order valence-electron chi connectivity index (χ4n) is 7.88. The van der Waals surface area contributed by atoms with Crippen molar-refractivity contribution in [2.45, 2.75) is 270 Å². The number of hydrogen-bond donors (Lipinski definition) is 3. The number of carbonyl (C=O) groups excluding carboxylic acids is 1. The van der Waals surface area contributed by atoms with Crippen LogP contribution in [0.2, 0.25) is 0 Å². The minimum Gasteiger partial charge on any atom is -0.394 e. The monoisotopic (exact) mass is 888 g/mol. The van der Waals surface area contributed by atoms with Gasteiger partial charge in [0.05, 0.1) is 18.8 Å². The molecular weight excluding hydrogens is 783 g/mol. The van der Waals surface area contributed by atoms with Gasteiger partial charge in [0.25, 0.3) is 0 Å². The fourth-order valence-corrected chi connectivity index (χ4v) is 7.88. The molecule has 1 amide bonds. The average Bonchev–Trinajstić information content (AvgIpc) is 3.30. The molecule has 0 heterocycles. The molecule has 0 saturated carbocycles. The van der Waals surface area contributed by atoms with E-state index in [0.29, 0.717) is 6.42 Å². The first-order valence-electron chi connectivity index (χ1n) is 27.5. The van der Waals surface area contributed by atoms with Crippen LogP contribution in [-0.4, -0.2) is 34.9 Å². The smallest absolute Gasteiger partial charge is 0.220 e. The van der Waals surface area contributed by atoms with E-state index in [1.54, 1.807) is 6.08 Å². The van der Waals surface area contributed by atoms with Gasteiger partial charge in [0.2, 0.25) is 5.91 Å². The first-order chi connectivity index (χ1) is 31.7. The summed E-state index contributed by atoms with van der Waals surface area (Å²) >= 11 is 0. The lowest BCUT2D eigenvalue weighted by atomic mass is 10.0. The molecule has 0 spiro atoms. The lowest BCUT2D eigenvalue weighted by Gasteiger charge is -2.19. The highest BCUT2D eigenvalue weighted by molar-refractivity contribution is 5.76. The van der Waals surface area contributed by atoms with Gasteiger partial charge >= 0.3 is 0 Å². The van der Waals surface area contributed by atoms with Crippen molar-refractivity contribution in [3.63, 3.8) is 0 Å². The van der Waals surface area contributed by atoms with E-state index in [1.165, 1.54) is 167 Å². The molecule has 0 radical (unpaired) electrons. The van der Waals surface area contributed by atoms with E-state index in [-0.39, 0.29) is 12.5 Å². The summed E-state index contributed by atoms with van der Waals surface area (Å²) in [5.41, 5.74) is 0. The van der Waals surface area contributed by atoms with E-state index in [9.17, 15) is 15.0 Å². The Labute approximate surface area is 398 Å². The second-order valence-electron chi connectivity index (χ2n) is 18.2. The Bertz CT molecular complexity index is 1190. The molecule has 0 aromatic rings. The molecule has 0 rings (SSSR count). The Morgan fingerprint density at radius 1 is 0.391 bits per heavy atom. The standard InChI is InChI=1S/C60H105NO3/c1-3-5-7-9-11-13-15-17-18-19-20-21-22-23-24-25-26-27-28-29-30-31-32-33-34-35-36-37-38-39-40-41-42-44-46-48-50-52-54-56-60(64)61-58(57-62)59(63)55-53-51-49-47-45-43-16-14-12-10-8-6-4-2/h5,7,11-14,17-18,20-21,23-24,45,47,53,55,58-59,62-63H,3-4,6,8-10,15-16,19,22,25-44,46,48-52,54,56-57H2,1-2H3,(H,61,64)/b7-5-,13-11-,14-12+,18-17-,21-20-,24-23-,47-45+,55-53+. The molecule has 0 aliphatic rings. The Hall–Kier alpha value is -2.69. The van der Waals surface area contributed by atoms with E-state index in [4.69, 9.17) is 0 Å². The van der Waals surface area contributed by atoms with Gasteiger partial charge in [0, 0.05) is 6.42 Å². The van der Waals surface area contributed by atoms with Gasteiger partial charge in [-0.15, -0.1) is 0 Å². The first kappa shape index (κ1) is 61.3. The normalized spacial score (nSPS) is 13.6. The molecular formula is C60H105NO3. The summed E-state index contributed by atoms with van der Waals surface area (Å²) in [4.78, 5) is 12.4. The Morgan fingerprint density at radius 3 is 1.09 bits per heavy atom. The van der Waals surface area contributed by atoms with Crippen molar-refractivity contribution in [3.05, 3.63) is 97.2 Å². The Morgan fingerprint density at radius 2 is 0.703 bits per heavy atom. The summed E-state index contributed by atoms with van der Waals surface area (Å²) in [6.45, 7) is 4.14. The summed E-state index contributed by atoms with van der Waals surface area (Å²) in [6.07, 6.45) is 81.5. The van der Waals surface area contributed by atoms with Crippen LogP contribution in [0.5, 0.6) is 0 Å². The molecule has 368 valence electrons. The van der Waals surface area contributed by atoms with Gasteiger partial charge in [-0.25, -0.2) is 0 Å². The van der Waals surface area contributed by atoms with E-state index in [0.717, 1.165) is 70.6 Å². The predicted octanol–water partition coefficient (Wildman–Crippen LogP) is 18.1. The van der Waals surface area contributed by atoms with E-state index >= 15 is 0 Å². The molecule has 2 unspecified atom stereocenters. The molecule has 3 N–H and O–H groups in total. The molecule has 0 bridgehead atoms. The predicted molar refractivity (Wildman–Crippen MR) is 285 cm³/mol. The molecule has 0 fully saturated rings. The van der Waals surface area contributed by atoms with Crippen molar-refractivity contribution in [1.82, 2.24) is 5.32 Å². The fraction of sp³-hybridized carbons (Fsp3) is 0.717. The van der Waals surface area contributed by atoms with Gasteiger partial charge in [-0.2, -0.15) is 0 Å². The van der Waals surface area contributed by atoms with Crippen molar-refractivity contribution in [1.29, 1.82) is 0 Å². The number of rotatable bonds is 49. The number of allylic oxidation sites excluding steroid dienone is 15. The minimum atomic E-state index is -0.871. The van der Waals surface area contributed by atoms with Gasteiger partial charge in [-0.1, -0.05) is 259 Å². The highest BCUT2D eigenvalue weighted by atomic mass is 16.3. The lowest BCUT2D eigenvalue weighted by Crippen LogP contribution is -2.45. The van der Waals surface area contributed by atoms with Crippen molar-refractivity contribution >= 4 is 5.91 Å². The minimum absolute atomic E-state index is 0.0784. The molecule has 0 aromatic carbocycles. The summed E-state index contributed by atoms with van der Waals surface area (Å²) < 4.78 is 0. The second kappa shape index (κ2) is 54.6. The quantitative estimate of drug-likeness (QED) is 0.0421. The van der Waals surface area contributed by atoms with Crippen LogP contribution in [0.3, 0.4) is 0 Å². The molecule has 0 aliphatic heterocycles. The van der Waals surface area contributed by atoms with Crippen LogP contribution in [0.1, 0.15) is 258 Å². The van der Waals surface area contributed by atoms with Crippen LogP contribution >= 0.6 is 0 Å². The van der Waals surface area contributed by atoms with Crippen molar-refractivity contribution in [2.24, 2.45) is 0 Å². The third-order valence-electron chi connectivity index (χ3n) is 12.0. The number of nitrogens with one attached hydrogen (secondary N) is 1.